The number of nitrogens with one attached hydrogen (secondary N) is 2. The molecule has 30 heavy (non-hydrogen) atoms. The fourth-order valence-corrected chi connectivity index (χ4v) is 4.04. The fraction of sp³-hybridized carbons (Fsp3) is 0.0800. The average Bonchev–Trinajstić information content (AvgIpc) is 3.31. The summed E-state index contributed by atoms with van der Waals surface area (Å²) in [6, 6.07) is 27.6. The topological polar surface area (TPSA) is 41.1 Å². The molecule has 0 bridgehead atoms. The molecule has 2 N–H and O–H groups in total. The molecule has 0 fully saturated rings. The van der Waals surface area contributed by atoms with Crippen LogP contribution in [-0.2, 0) is 6.54 Å². The van der Waals surface area contributed by atoms with Crippen molar-refractivity contribution in [1.82, 2.24) is 5.32 Å². The maximum absolute atomic E-state index is 13.3. The Labute approximate surface area is 179 Å². The zero-order valence-electron chi connectivity index (χ0n) is 16.2. The second-order valence-corrected chi connectivity index (χ2v) is 7.88. The summed E-state index contributed by atoms with van der Waals surface area (Å²) in [7, 11) is 0. The summed E-state index contributed by atoms with van der Waals surface area (Å²) in [5.74, 6) is -0.378. The van der Waals surface area contributed by atoms with Crippen molar-refractivity contribution in [3.05, 3.63) is 124 Å². The first-order valence-electron chi connectivity index (χ1n) is 9.66. The van der Waals surface area contributed by atoms with Gasteiger partial charge in [-0.15, -0.1) is 11.3 Å². The summed E-state index contributed by atoms with van der Waals surface area (Å²) in [5, 5.41) is 8.47. The monoisotopic (exact) mass is 416 g/mol. The lowest BCUT2D eigenvalue weighted by Crippen LogP contribution is -2.21. The molecule has 3 nitrogen and oxygen atoms in total. The summed E-state index contributed by atoms with van der Waals surface area (Å²) in [4.78, 5) is 13.6. The highest BCUT2D eigenvalue weighted by atomic mass is 32.1. The number of hydrogen-bond donors (Lipinski definition) is 2. The molecular formula is C25H21FN2OS. The Morgan fingerprint density at radius 2 is 1.60 bits per heavy atom. The minimum absolute atomic E-state index is 0.0216. The molecule has 1 amide bonds. The maximum atomic E-state index is 13.3. The Morgan fingerprint density at radius 1 is 0.867 bits per heavy atom. The first kappa shape index (κ1) is 20.0. The summed E-state index contributed by atoms with van der Waals surface area (Å²) >= 11 is 1.66. The Hall–Kier alpha value is -3.28. The molecule has 150 valence electrons. The summed E-state index contributed by atoms with van der Waals surface area (Å²) in [6.45, 7) is 0.626. The highest BCUT2D eigenvalue weighted by Crippen LogP contribution is 2.26. The van der Waals surface area contributed by atoms with Crippen LogP contribution >= 0.6 is 11.3 Å². The van der Waals surface area contributed by atoms with E-state index in [0.29, 0.717) is 12.1 Å². The molecule has 0 aliphatic carbocycles. The van der Waals surface area contributed by atoms with Gasteiger partial charge in [-0.2, -0.15) is 0 Å². The van der Waals surface area contributed by atoms with Gasteiger partial charge in [-0.25, -0.2) is 4.39 Å². The Morgan fingerprint density at radius 3 is 2.27 bits per heavy atom. The van der Waals surface area contributed by atoms with Gasteiger partial charge in [-0.1, -0.05) is 48.5 Å². The first-order chi connectivity index (χ1) is 14.7. The van der Waals surface area contributed by atoms with Gasteiger partial charge in [0.2, 0.25) is 0 Å². The van der Waals surface area contributed by atoms with Gasteiger partial charge in [0, 0.05) is 22.7 Å². The fourth-order valence-electron chi connectivity index (χ4n) is 3.21. The molecule has 1 heterocycles. The van der Waals surface area contributed by atoms with E-state index in [9.17, 15) is 9.18 Å². The third-order valence-electron chi connectivity index (χ3n) is 4.79. The molecule has 0 unspecified atom stereocenters. The van der Waals surface area contributed by atoms with Crippen molar-refractivity contribution in [3.63, 3.8) is 0 Å². The predicted octanol–water partition coefficient (Wildman–Crippen LogP) is 6.02. The molecule has 3 aromatic carbocycles. The Bertz CT molecular complexity index is 1080. The first-order valence-corrected chi connectivity index (χ1v) is 10.5. The molecule has 0 aliphatic heterocycles. The lowest BCUT2D eigenvalue weighted by molar-refractivity contribution is 0.102. The number of carbonyl (C=O) groups is 1. The smallest absolute Gasteiger partial charge is 0.255 e. The number of rotatable bonds is 7. The average molecular weight is 417 g/mol. The van der Waals surface area contributed by atoms with Crippen molar-refractivity contribution in [3.8, 4) is 0 Å². The number of benzene rings is 3. The molecule has 4 aromatic rings. The number of halogens is 1. The van der Waals surface area contributed by atoms with E-state index in [0.717, 1.165) is 16.8 Å². The third kappa shape index (κ3) is 5.00. The van der Waals surface area contributed by atoms with E-state index in [1.54, 1.807) is 11.3 Å². The van der Waals surface area contributed by atoms with Gasteiger partial charge in [0.25, 0.3) is 5.91 Å². The van der Waals surface area contributed by atoms with Crippen LogP contribution in [0.4, 0.5) is 10.1 Å². The van der Waals surface area contributed by atoms with Crippen molar-refractivity contribution in [2.45, 2.75) is 12.6 Å². The van der Waals surface area contributed by atoms with Crippen LogP contribution in [0.25, 0.3) is 0 Å². The van der Waals surface area contributed by atoms with E-state index in [1.807, 2.05) is 78.2 Å². The summed E-state index contributed by atoms with van der Waals surface area (Å²) in [6.07, 6.45) is 0. The van der Waals surface area contributed by atoms with Gasteiger partial charge >= 0.3 is 0 Å². The predicted molar refractivity (Wildman–Crippen MR) is 120 cm³/mol. The molecular weight excluding hydrogens is 395 g/mol. The SMILES string of the molecule is O=C(Nc1ccccc1)c1ccc(CN[C@H](c2ccc(F)cc2)c2cccs2)cc1. The van der Waals surface area contributed by atoms with Gasteiger partial charge < -0.3 is 10.6 Å². The minimum Gasteiger partial charge on any atom is -0.322 e. The van der Waals surface area contributed by atoms with Crippen LogP contribution in [0.15, 0.2) is 96.4 Å². The van der Waals surface area contributed by atoms with Crippen molar-refractivity contribution in [2.24, 2.45) is 0 Å². The highest BCUT2D eigenvalue weighted by Gasteiger charge is 2.15. The molecule has 0 spiro atoms. The zero-order chi connectivity index (χ0) is 20.8. The van der Waals surface area contributed by atoms with Crippen molar-refractivity contribution in [2.75, 3.05) is 5.32 Å². The van der Waals surface area contributed by atoms with Crippen molar-refractivity contribution in [1.29, 1.82) is 0 Å². The molecule has 0 radical (unpaired) electrons. The largest absolute Gasteiger partial charge is 0.322 e. The minimum atomic E-state index is -0.243. The molecule has 1 aromatic heterocycles. The van der Waals surface area contributed by atoms with Gasteiger partial charge in [0.1, 0.15) is 5.82 Å². The molecule has 0 aliphatic rings. The van der Waals surface area contributed by atoms with Crippen LogP contribution in [0.1, 0.15) is 32.4 Å². The molecule has 5 heteroatoms. The van der Waals surface area contributed by atoms with Crippen LogP contribution in [0, 0.1) is 5.82 Å². The van der Waals surface area contributed by atoms with Crippen LogP contribution in [0.5, 0.6) is 0 Å². The van der Waals surface area contributed by atoms with Crippen molar-refractivity contribution < 1.29 is 9.18 Å². The number of amides is 1. The van der Waals surface area contributed by atoms with Gasteiger partial charge in [0.05, 0.1) is 6.04 Å². The molecule has 0 saturated heterocycles. The lowest BCUT2D eigenvalue weighted by Gasteiger charge is -2.18. The highest BCUT2D eigenvalue weighted by molar-refractivity contribution is 7.10. The van der Waals surface area contributed by atoms with Gasteiger partial charge in [-0.05, 0) is 59.0 Å². The van der Waals surface area contributed by atoms with Crippen LogP contribution < -0.4 is 10.6 Å². The number of para-hydroxylation sites is 1. The summed E-state index contributed by atoms with van der Waals surface area (Å²) < 4.78 is 13.3. The van der Waals surface area contributed by atoms with Crippen LogP contribution in [-0.4, -0.2) is 5.91 Å². The van der Waals surface area contributed by atoms with Gasteiger partial charge in [0.15, 0.2) is 0 Å². The molecule has 0 saturated carbocycles. The van der Waals surface area contributed by atoms with Gasteiger partial charge in [-0.3, -0.25) is 4.79 Å². The molecule has 1 atom stereocenters. The second-order valence-electron chi connectivity index (χ2n) is 6.90. The van der Waals surface area contributed by atoms with E-state index in [2.05, 4.69) is 16.7 Å². The zero-order valence-corrected chi connectivity index (χ0v) is 17.0. The number of thiophene rings is 1. The lowest BCUT2D eigenvalue weighted by atomic mass is 10.0. The number of anilines is 1. The van der Waals surface area contributed by atoms with E-state index in [1.165, 1.54) is 17.0 Å². The van der Waals surface area contributed by atoms with E-state index in [-0.39, 0.29) is 17.8 Å². The quantitative estimate of drug-likeness (QED) is 0.387. The van der Waals surface area contributed by atoms with E-state index in [4.69, 9.17) is 0 Å². The maximum Gasteiger partial charge on any atom is 0.255 e. The molecule has 4 rings (SSSR count). The number of hydrogen-bond acceptors (Lipinski definition) is 3. The Balaban J connectivity index is 1.43. The van der Waals surface area contributed by atoms with Crippen molar-refractivity contribution >= 4 is 22.9 Å². The normalized spacial score (nSPS) is 11.8. The standard InChI is InChI=1S/C25H21FN2OS/c26-21-14-12-19(13-15-21)24(23-7-4-16-30-23)27-17-18-8-10-20(11-9-18)25(29)28-22-5-2-1-3-6-22/h1-16,24,27H,17H2,(H,28,29)/t24-/m1/s1. The number of carbonyl (C=O) groups excluding carboxylic acids is 1. The van der Waals surface area contributed by atoms with E-state index < -0.39 is 0 Å². The van der Waals surface area contributed by atoms with E-state index >= 15 is 0 Å². The summed E-state index contributed by atoms with van der Waals surface area (Å²) in [5.41, 5.74) is 3.45. The third-order valence-corrected chi connectivity index (χ3v) is 5.73. The van der Waals surface area contributed by atoms with Crippen LogP contribution in [0.2, 0.25) is 0 Å². The second kappa shape index (κ2) is 9.48. The van der Waals surface area contributed by atoms with Crippen LogP contribution in [0.3, 0.4) is 0 Å². The Kier molecular flexibility index (Phi) is 6.32.